The summed E-state index contributed by atoms with van der Waals surface area (Å²) in [4.78, 5) is 0.0800. The Kier molecular flexibility index (Phi) is 2.92. The van der Waals surface area contributed by atoms with E-state index < -0.39 is 16.1 Å². The Morgan fingerprint density at radius 3 is 2.00 bits per heavy atom. The molecule has 0 unspecified atom stereocenters. The van der Waals surface area contributed by atoms with Gasteiger partial charge in [-0.05, 0) is 11.1 Å². The maximum Gasteiger partial charge on any atom is 0.0839 e. The van der Waals surface area contributed by atoms with Crippen LogP contribution in [0.4, 0.5) is 0 Å². The van der Waals surface area contributed by atoms with Crippen LogP contribution < -0.4 is 0 Å². The van der Waals surface area contributed by atoms with Crippen LogP contribution in [0.25, 0.3) is 0 Å². The topological polar surface area (TPSA) is 9.23 Å². The molecule has 1 heterocycles. The first kappa shape index (κ1) is 13.1. The zero-order valence-corrected chi connectivity index (χ0v) is 13.9. The van der Waals surface area contributed by atoms with Gasteiger partial charge >= 0.3 is 0 Å². The lowest BCUT2D eigenvalue weighted by atomic mass is 10.1. The summed E-state index contributed by atoms with van der Waals surface area (Å²) < 4.78 is 6.46. The molecular weight excluding hydrogens is 240 g/mol. The fourth-order valence-electron chi connectivity index (χ4n) is 3.62. The van der Waals surface area contributed by atoms with E-state index in [1.807, 2.05) is 0 Å². The standard InChI is InChI=1S/C14H24OSi2/c1-16(2,3)14(17(4,5)6)13-10-8-7-9-12(13)11-15-14/h7-10H,11H2,1-6H3. The van der Waals surface area contributed by atoms with E-state index in [1.54, 1.807) is 0 Å². The van der Waals surface area contributed by atoms with Crippen molar-refractivity contribution in [3.63, 3.8) is 0 Å². The van der Waals surface area contributed by atoms with Gasteiger partial charge in [-0.25, -0.2) is 0 Å². The van der Waals surface area contributed by atoms with E-state index in [1.165, 1.54) is 11.1 Å². The molecule has 1 nitrogen and oxygen atoms in total. The lowest BCUT2D eigenvalue weighted by Crippen LogP contribution is -2.63. The molecule has 3 heteroatoms. The van der Waals surface area contributed by atoms with E-state index in [4.69, 9.17) is 4.74 Å². The maximum absolute atomic E-state index is 6.46. The van der Waals surface area contributed by atoms with Gasteiger partial charge in [0.1, 0.15) is 0 Å². The fraction of sp³-hybridized carbons (Fsp3) is 0.571. The minimum absolute atomic E-state index is 0.0800. The predicted molar refractivity (Wildman–Crippen MR) is 79.6 cm³/mol. The summed E-state index contributed by atoms with van der Waals surface area (Å²) in [7, 11) is -2.84. The van der Waals surface area contributed by atoms with Gasteiger partial charge in [-0.3, -0.25) is 0 Å². The normalized spacial score (nSPS) is 19.2. The molecule has 0 radical (unpaired) electrons. The van der Waals surface area contributed by atoms with Gasteiger partial charge < -0.3 is 4.74 Å². The van der Waals surface area contributed by atoms with Crippen LogP contribution in [-0.2, 0) is 16.2 Å². The highest BCUT2D eigenvalue weighted by Gasteiger charge is 2.57. The summed E-state index contributed by atoms with van der Waals surface area (Å²) in [6.07, 6.45) is 0. The molecule has 1 aromatic carbocycles. The molecule has 2 rings (SSSR count). The summed E-state index contributed by atoms with van der Waals surface area (Å²) in [5.74, 6) is 0. The highest BCUT2D eigenvalue weighted by atomic mass is 28.4. The van der Waals surface area contributed by atoms with E-state index in [9.17, 15) is 0 Å². The number of hydrogen-bond donors (Lipinski definition) is 0. The van der Waals surface area contributed by atoms with Crippen LogP contribution in [0.2, 0.25) is 39.3 Å². The molecule has 0 saturated heterocycles. The zero-order chi connectivity index (χ0) is 12.9. The van der Waals surface area contributed by atoms with E-state index in [0.717, 1.165) is 6.61 Å². The molecule has 0 fully saturated rings. The van der Waals surface area contributed by atoms with Crippen molar-refractivity contribution in [3.05, 3.63) is 35.4 Å². The van der Waals surface area contributed by atoms with Gasteiger partial charge in [0.15, 0.2) is 0 Å². The van der Waals surface area contributed by atoms with Gasteiger partial charge in [0.25, 0.3) is 0 Å². The Morgan fingerprint density at radius 1 is 0.941 bits per heavy atom. The number of fused-ring (bicyclic) bond motifs is 1. The van der Waals surface area contributed by atoms with Gasteiger partial charge in [-0.15, -0.1) is 0 Å². The molecule has 0 atom stereocenters. The largest absolute Gasteiger partial charge is 0.373 e. The fourth-order valence-corrected chi connectivity index (χ4v) is 15.7. The predicted octanol–water partition coefficient (Wildman–Crippen LogP) is 4.17. The number of hydrogen-bond acceptors (Lipinski definition) is 1. The van der Waals surface area contributed by atoms with Gasteiger partial charge in [-0.1, -0.05) is 63.5 Å². The lowest BCUT2D eigenvalue weighted by Gasteiger charge is -2.49. The van der Waals surface area contributed by atoms with E-state index in [0.29, 0.717) is 0 Å². The molecule has 17 heavy (non-hydrogen) atoms. The second kappa shape index (κ2) is 3.80. The summed E-state index contributed by atoms with van der Waals surface area (Å²) in [5.41, 5.74) is 2.91. The first-order chi connectivity index (χ1) is 7.70. The summed E-state index contributed by atoms with van der Waals surface area (Å²) >= 11 is 0. The Labute approximate surface area is 107 Å². The molecule has 0 aromatic heterocycles. The van der Waals surface area contributed by atoms with Crippen molar-refractivity contribution in [1.29, 1.82) is 0 Å². The highest BCUT2D eigenvalue weighted by molar-refractivity contribution is 6.97. The third-order valence-corrected chi connectivity index (χ3v) is 13.5. The Hall–Kier alpha value is -0.386. The summed E-state index contributed by atoms with van der Waals surface area (Å²) in [6, 6.07) is 8.84. The van der Waals surface area contributed by atoms with Crippen LogP contribution in [0.15, 0.2) is 24.3 Å². The molecular formula is C14H24OSi2. The Morgan fingerprint density at radius 2 is 1.47 bits per heavy atom. The molecule has 0 spiro atoms. The third kappa shape index (κ3) is 1.75. The molecule has 94 valence electrons. The van der Waals surface area contributed by atoms with Crippen molar-refractivity contribution in [3.8, 4) is 0 Å². The van der Waals surface area contributed by atoms with Crippen LogP contribution in [0, 0.1) is 0 Å². The average Bonchev–Trinajstić information content (AvgIpc) is 2.55. The number of benzene rings is 1. The van der Waals surface area contributed by atoms with Crippen molar-refractivity contribution in [1.82, 2.24) is 0 Å². The minimum Gasteiger partial charge on any atom is -0.373 e. The molecule has 1 aliphatic rings. The Balaban J connectivity index is 2.68. The number of rotatable bonds is 2. The summed E-state index contributed by atoms with van der Waals surface area (Å²) in [6.45, 7) is 15.5. The molecule has 0 amide bonds. The van der Waals surface area contributed by atoms with Crippen LogP contribution in [0.5, 0.6) is 0 Å². The van der Waals surface area contributed by atoms with Crippen LogP contribution >= 0.6 is 0 Å². The van der Waals surface area contributed by atoms with E-state index in [-0.39, 0.29) is 4.85 Å². The average molecular weight is 265 g/mol. The minimum atomic E-state index is -1.42. The third-order valence-electron chi connectivity index (χ3n) is 3.95. The molecule has 1 aliphatic heterocycles. The van der Waals surface area contributed by atoms with Crippen LogP contribution in [0.1, 0.15) is 11.1 Å². The van der Waals surface area contributed by atoms with Crippen molar-refractivity contribution in [2.45, 2.75) is 50.7 Å². The van der Waals surface area contributed by atoms with Crippen LogP contribution in [0.3, 0.4) is 0 Å². The van der Waals surface area contributed by atoms with Crippen LogP contribution in [-0.4, -0.2) is 16.1 Å². The van der Waals surface area contributed by atoms with E-state index >= 15 is 0 Å². The Bertz CT molecular complexity index is 413. The highest BCUT2D eigenvalue weighted by Crippen LogP contribution is 2.49. The SMILES string of the molecule is C[Si](C)(C)C1([Si](C)(C)C)OCc2ccccc21. The molecule has 0 N–H and O–H groups in total. The second-order valence-corrected chi connectivity index (χ2v) is 18.0. The quantitative estimate of drug-likeness (QED) is 0.729. The lowest BCUT2D eigenvalue weighted by molar-refractivity contribution is 0.0729. The van der Waals surface area contributed by atoms with Gasteiger partial charge in [0, 0.05) is 0 Å². The molecule has 1 aromatic rings. The molecule has 0 bridgehead atoms. The smallest absolute Gasteiger partial charge is 0.0839 e. The van der Waals surface area contributed by atoms with E-state index in [2.05, 4.69) is 63.5 Å². The first-order valence-corrected chi connectivity index (χ1v) is 13.4. The van der Waals surface area contributed by atoms with Crippen molar-refractivity contribution in [2.24, 2.45) is 0 Å². The second-order valence-electron chi connectivity index (χ2n) is 7.13. The van der Waals surface area contributed by atoms with Gasteiger partial charge in [-0.2, -0.15) is 0 Å². The molecule has 0 saturated carbocycles. The maximum atomic E-state index is 6.46. The van der Waals surface area contributed by atoms with Crippen molar-refractivity contribution in [2.75, 3.05) is 0 Å². The number of ether oxygens (including phenoxy) is 1. The first-order valence-electron chi connectivity index (χ1n) is 6.42. The van der Waals surface area contributed by atoms with Gasteiger partial charge in [0.05, 0.1) is 27.6 Å². The summed E-state index contributed by atoms with van der Waals surface area (Å²) in [5, 5.41) is 0. The van der Waals surface area contributed by atoms with Gasteiger partial charge in [0.2, 0.25) is 0 Å². The zero-order valence-electron chi connectivity index (χ0n) is 11.9. The molecule has 0 aliphatic carbocycles. The van der Waals surface area contributed by atoms with Crippen molar-refractivity contribution >= 4 is 16.1 Å². The monoisotopic (exact) mass is 264 g/mol. The van der Waals surface area contributed by atoms with Crippen molar-refractivity contribution < 1.29 is 4.74 Å².